The van der Waals surface area contributed by atoms with Gasteiger partial charge in [0.05, 0.1) is 18.5 Å². The van der Waals surface area contributed by atoms with E-state index in [0.717, 1.165) is 28.4 Å². The number of rotatable bonds is 4. The Morgan fingerprint density at radius 1 is 1.10 bits per heavy atom. The normalized spacial score (nSPS) is 10.5. The number of nitrogen functional groups attached to an aromatic ring is 1. The maximum Gasteiger partial charge on any atom is 0.137 e. The molecule has 0 spiro atoms. The van der Waals surface area contributed by atoms with Crippen LogP contribution in [0.2, 0.25) is 0 Å². The molecule has 1 aromatic heterocycles. The van der Waals surface area contributed by atoms with Crippen molar-refractivity contribution in [2.24, 2.45) is 0 Å². The maximum atomic E-state index is 5.92. The number of aromatic nitrogens is 2. The van der Waals surface area contributed by atoms with Crippen LogP contribution in [0.15, 0.2) is 54.7 Å². The van der Waals surface area contributed by atoms with Crippen molar-refractivity contribution in [1.29, 1.82) is 0 Å². The molecule has 21 heavy (non-hydrogen) atoms. The quantitative estimate of drug-likeness (QED) is 0.715. The molecular formula is C17H17N3O. The van der Waals surface area contributed by atoms with Gasteiger partial charge in [-0.25, -0.2) is 4.98 Å². The summed E-state index contributed by atoms with van der Waals surface area (Å²) in [5.41, 5.74) is 9.58. The van der Waals surface area contributed by atoms with Crippen molar-refractivity contribution in [2.75, 3.05) is 12.3 Å². The van der Waals surface area contributed by atoms with Crippen molar-refractivity contribution in [1.82, 2.24) is 9.97 Å². The summed E-state index contributed by atoms with van der Waals surface area (Å²) in [6, 6.07) is 15.7. The largest absolute Gasteiger partial charge is 0.494 e. The van der Waals surface area contributed by atoms with Crippen LogP contribution in [0.4, 0.5) is 5.69 Å². The maximum absolute atomic E-state index is 5.92. The summed E-state index contributed by atoms with van der Waals surface area (Å²) in [6.07, 6.45) is 1.83. The van der Waals surface area contributed by atoms with Crippen molar-refractivity contribution in [3.05, 3.63) is 54.7 Å². The topological polar surface area (TPSA) is 63.9 Å². The van der Waals surface area contributed by atoms with Gasteiger partial charge in [-0.05, 0) is 24.6 Å². The standard InChI is InChI=1S/C17H17N3O/c1-2-21-15-9-13(8-14(18)10-15)17-19-11-16(20-17)12-6-4-3-5-7-12/h3-11H,2,18H2,1H3,(H,19,20). The Balaban J connectivity index is 1.96. The van der Waals surface area contributed by atoms with E-state index in [2.05, 4.69) is 9.97 Å². The molecule has 1 heterocycles. The monoisotopic (exact) mass is 279 g/mol. The highest BCUT2D eigenvalue weighted by Crippen LogP contribution is 2.27. The van der Waals surface area contributed by atoms with Crippen molar-refractivity contribution in [3.8, 4) is 28.4 Å². The van der Waals surface area contributed by atoms with Crippen LogP contribution < -0.4 is 10.5 Å². The van der Waals surface area contributed by atoms with Crippen LogP contribution in [0.5, 0.6) is 5.75 Å². The number of ether oxygens (including phenoxy) is 1. The Morgan fingerprint density at radius 3 is 2.67 bits per heavy atom. The van der Waals surface area contributed by atoms with Gasteiger partial charge in [0.25, 0.3) is 0 Å². The van der Waals surface area contributed by atoms with Gasteiger partial charge >= 0.3 is 0 Å². The van der Waals surface area contributed by atoms with Crippen molar-refractivity contribution < 1.29 is 4.74 Å². The van der Waals surface area contributed by atoms with E-state index in [-0.39, 0.29) is 0 Å². The number of aromatic amines is 1. The number of benzene rings is 2. The summed E-state index contributed by atoms with van der Waals surface area (Å²) in [6.45, 7) is 2.56. The third kappa shape index (κ3) is 2.89. The van der Waals surface area contributed by atoms with Gasteiger partial charge in [-0.15, -0.1) is 0 Å². The van der Waals surface area contributed by atoms with Gasteiger partial charge in [-0.3, -0.25) is 0 Å². The zero-order valence-corrected chi connectivity index (χ0v) is 11.8. The number of hydrogen-bond donors (Lipinski definition) is 2. The molecule has 2 aromatic carbocycles. The van der Waals surface area contributed by atoms with Crippen molar-refractivity contribution in [3.63, 3.8) is 0 Å². The molecule has 0 aliphatic heterocycles. The summed E-state index contributed by atoms with van der Waals surface area (Å²) in [5, 5.41) is 0. The van der Waals surface area contributed by atoms with Crippen LogP contribution in [0.3, 0.4) is 0 Å². The lowest BCUT2D eigenvalue weighted by molar-refractivity contribution is 0.340. The molecule has 0 bridgehead atoms. The summed E-state index contributed by atoms with van der Waals surface area (Å²) in [5.74, 6) is 1.53. The van der Waals surface area contributed by atoms with Crippen LogP contribution in [0.25, 0.3) is 22.6 Å². The van der Waals surface area contributed by atoms with Crippen molar-refractivity contribution >= 4 is 5.69 Å². The van der Waals surface area contributed by atoms with E-state index in [9.17, 15) is 0 Å². The van der Waals surface area contributed by atoms with Gasteiger partial charge < -0.3 is 15.5 Å². The number of nitrogens with one attached hydrogen (secondary N) is 1. The number of H-pyrrole nitrogens is 1. The summed E-state index contributed by atoms with van der Waals surface area (Å²) >= 11 is 0. The van der Waals surface area contributed by atoms with E-state index < -0.39 is 0 Å². The molecule has 0 saturated carbocycles. The predicted molar refractivity (Wildman–Crippen MR) is 85.0 cm³/mol. The first-order valence-electron chi connectivity index (χ1n) is 6.90. The Kier molecular flexibility index (Phi) is 3.60. The van der Waals surface area contributed by atoms with E-state index in [0.29, 0.717) is 12.3 Å². The molecule has 0 radical (unpaired) electrons. The smallest absolute Gasteiger partial charge is 0.137 e. The third-order valence-electron chi connectivity index (χ3n) is 3.17. The highest BCUT2D eigenvalue weighted by atomic mass is 16.5. The highest BCUT2D eigenvalue weighted by molar-refractivity contribution is 5.68. The van der Waals surface area contributed by atoms with E-state index in [1.54, 1.807) is 0 Å². The van der Waals surface area contributed by atoms with E-state index in [4.69, 9.17) is 10.5 Å². The first-order valence-corrected chi connectivity index (χ1v) is 6.90. The molecule has 0 aliphatic carbocycles. The van der Waals surface area contributed by atoms with E-state index in [1.165, 1.54) is 0 Å². The Hall–Kier alpha value is -2.75. The SMILES string of the molecule is CCOc1cc(N)cc(-c2ncc(-c3ccccc3)[nH]2)c1. The zero-order chi connectivity index (χ0) is 14.7. The number of anilines is 1. The molecule has 0 aliphatic rings. The molecule has 0 atom stereocenters. The Bertz CT molecular complexity index is 735. The van der Waals surface area contributed by atoms with Gasteiger partial charge in [0, 0.05) is 17.3 Å². The molecule has 3 N–H and O–H groups in total. The molecule has 0 amide bonds. The van der Waals surface area contributed by atoms with Gasteiger partial charge in [0.15, 0.2) is 0 Å². The van der Waals surface area contributed by atoms with Gasteiger partial charge in [-0.1, -0.05) is 30.3 Å². The first-order chi connectivity index (χ1) is 10.3. The number of hydrogen-bond acceptors (Lipinski definition) is 3. The predicted octanol–water partition coefficient (Wildman–Crippen LogP) is 3.72. The summed E-state index contributed by atoms with van der Waals surface area (Å²) < 4.78 is 5.52. The molecular weight excluding hydrogens is 262 g/mol. The van der Waals surface area contributed by atoms with Crippen molar-refractivity contribution in [2.45, 2.75) is 6.92 Å². The minimum absolute atomic E-state index is 0.607. The van der Waals surface area contributed by atoms with Crippen LogP contribution in [-0.2, 0) is 0 Å². The Morgan fingerprint density at radius 2 is 1.90 bits per heavy atom. The molecule has 0 unspecified atom stereocenters. The highest BCUT2D eigenvalue weighted by Gasteiger charge is 2.07. The van der Waals surface area contributed by atoms with Gasteiger partial charge in [-0.2, -0.15) is 0 Å². The second-order valence-corrected chi connectivity index (χ2v) is 4.74. The molecule has 4 nitrogen and oxygen atoms in total. The lowest BCUT2D eigenvalue weighted by Gasteiger charge is -2.06. The lowest BCUT2D eigenvalue weighted by Crippen LogP contribution is -1.94. The third-order valence-corrected chi connectivity index (χ3v) is 3.17. The lowest BCUT2D eigenvalue weighted by atomic mass is 10.1. The van der Waals surface area contributed by atoms with Gasteiger partial charge in [0.2, 0.25) is 0 Å². The van der Waals surface area contributed by atoms with Gasteiger partial charge in [0.1, 0.15) is 11.6 Å². The van der Waals surface area contributed by atoms with Crippen LogP contribution in [0.1, 0.15) is 6.92 Å². The first kappa shape index (κ1) is 13.2. The van der Waals surface area contributed by atoms with Crippen LogP contribution >= 0.6 is 0 Å². The second kappa shape index (κ2) is 5.71. The molecule has 3 aromatic rings. The average molecular weight is 279 g/mol. The Labute approximate surface area is 123 Å². The fourth-order valence-electron chi connectivity index (χ4n) is 2.24. The molecule has 106 valence electrons. The number of nitrogens with two attached hydrogens (primary N) is 1. The molecule has 0 fully saturated rings. The fourth-order valence-corrected chi connectivity index (χ4v) is 2.24. The minimum atomic E-state index is 0.607. The number of nitrogens with zero attached hydrogens (tertiary/aromatic N) is 1. The summed E-state index contributed by atoms with van der Waals surface area (Å²) in [7, 11) is 0. The fraction of sp³-hybridized carbons (Fsp3) is 0.118. The van der Waals surface area contributed by atoms with Crippen LogP contribution in [0, 0.1) is 0 Å². The van der Waals surface area contributed by atoms with Crippen LogP contribution in [-0.4, -0.2) is 16.6 Å². The summed E-state index contributed by atoms with van der Waals surface area (Å²) in [4.78, 5) is 7.76. The number of imidazole rings is 1. The molecule has 3 rings (SSSR count). The van der Waals surface area contributed by atoms with E-state index in [1.807, 2.05) is 61.7 Å². The zero-order valence-electron chi connectivity index (χ0n) is 11.8. The van der Waals surface area contributed by atoms with E-state index >= 15 is 0 Å². The average Bonchev–Trinajstić information content (AvgIpc) is 2.98. The second-order valence-electron chi connectivity index (χ2n) is 4.74. The molecule has 0 saturated heterocycles. The minimum Gasteiger partial charge on any atom is -0.494 e. The molecule has 4 heteroatoms.